The summed E-state index contributed by atoms with van der Waals surface area (Å²) in [6.07, 6.45) is 4.12. The van der Waals surface area contributed by atoms with E-state index >= 15 is 0 Å². The second-order valence-electron chi connectivity index (χ2n) is 2.10. The lowest BCUT2D eigenvalue weighted by molar-refractivity contribution is 0.300. The van der Waals surface area contributed by atoms with Crippen LogP contribution in [0.25, 0.3) is 0 Å². The zero-order chi connectivity index (χ0) is 10.1. The van der Waals surface area contributed by atoms with E-state index < -0.39 is 16.1 Å². The fraction of sp³-hybridized carbons (Fsp3) is 0.714. The van der Waals surface area contributed by atoms with E-state index in [1.165, 1.54) is 0 Å². The summed E-state index contributed by atoms with van der Waals surface area (Å²) in [5.41, 5.74) is 0. The largest absolute Gasteiger partial charge is 0.337 e. The Morgan fingerprint density at radius 2 is 1.85 bits per heavy atom. The molecule has 6 heteroatoms. The monoisotopic (exact) mass is 224 g/mol. The average molecular weight is 224 g/mol. The number of hydrogen-bond acceptors (Lipinski definition) is 4. The Hall–Kier alpha value is -0.0100. The van der Waals surface area contributed by atoms with Crippen LogP contribution in [0, 0.1) is 0 Å². The van der Waals surface area contributed by atoms with Crippen LogP contribution in [0.3, 0.4) is 0 Å². The van der Waals surface area contributed by atoms with Crippen molar-refractivity contribution in [3.05, 3.63) is 12.2 Å². The van der Waals surface area contributed by atoms with Gasteiger partial charge in [-0.1, -0.05) is 12.2 Å². The minimum Gasteiger partial charge on any atom is -0.337 e. The van der Waals surface area contributed by atoms with Crippen LogP contribution in [-0.4, -0.2) is 26.0 Å². The number of allylic oxidation sites excluding steroid dienone is 2. The van der Waals surface area contributed by atoms with Crippen molar-refractivity contribution < 1.29 is 18.2 Å². The molecule has 0 amide bonds. The minimum absolute atomic E-state index is 0.0916. The molecule has 0 fully saturated rings. The first kappa shape index (κ1) is 13.0. The molecule has 76 valence electrons. The molecule has 0 heterocycles. The summed E-state index contributed by atoms with van der Waals surface area (Å²) in [5, 5.41) is 0. The van der Waals surface area contributed by atoms with Crippen LogP contribution in [0.5, 0.6) is 0 Å². The molecule has 0 aromatic carbocycles. The molecule has 0 spiro atoms. The van der Waals surface area contributed by atoms with Crippen LogP contribution in [0.15, 0.2) is 12.2 Å². The zero-order valence-corrected chi connectivity index (χ0v) is 9.59. The van der Waals surface area contributed by atoms with Gasteiger partial charge in [0, 0.05) is 13.3 Å². The SMILES string of the molecule is CCOP(C/C=C/CP(=O)=O)OC. The first-order valence-corrected chi connectivity index (χ1v) is 6.64. The highest BCUT2D eigenvalue weighted by Gasteiger charge is 2.03. The van der Waals surface area contributed by atoms with E-state index in [-0.39, 0.29) is 6.16 Å². The van der Waals surface area contributed by atoms with Crippen molar-refractivity contribution in [3.63, 3.8) is 0 Å². The van der Waals surface area contributed by atoms with Gasteiger partial charge in [0.15, 0.2) is 8.38 Å². The molecule has 0 N–H and O–H groups in total. The van der Waals surface area contributed by atoms with E-state index in [4.69, 9.17) is 9.05 Å². The maximum absolute atomic E-state index is 10.2. The predicted molar refractivity (Wildman–Crippen MR) is 52.7 cm³/mol. The molecule has 0 aliphatic rings. The third kappa shape index (κ3) is 8.32. The summed E-state index contributed by atoms with van der Waals surface area (Å²) in [7, 11) is -1.59. The molecular weight excluding hydrogens is 210 g/mol. The summed E-state index contributed by atoms with van der Waals surface area (Å²) in [6, 6.07) is 0. The van der Waals surface area contributed by atoms with Crippen LogP contribution in [0.2, 0.25) is 0 Å². The van der Waals surface area contributed by atoms with Gasteiger partial charge in [0.05, 0.1) is 12.8 Å². The Labute approximate surface area is 80.0 Å². The van der Waals surface area contributed by atoms with Gasteiger partial charge in [0.2, 0.25) is 0 Å². The highest BCUT2D eigenvalue weighted by molar-refractivity contribution is 7.47. The maximum Gasteiger partial charge on any atom is 0.319 e. The molecule has 0 bridgehead atoms. The second-order valence-corrected chi connectivity index (χ2v) is 4.79. The molecule has 0 aromatic rings. The van der Waals surface area contributed by atoms with Crippen LogP contribution < -0.4 is 0 Å². The molecule has 4 nitrogen and oxygen atoms in total. The molecule has 0 rings (SSSR count). The van der Waals surface area contributed by atoms with Gasteiger partial charge < -0.3 is 9.05 Å². The normalized spacial score (nSPS) is 13.4. The maximum atomic E-state index is 10.2. The summed E-state index contributed by atoms with van der Waals surface area (Å²) in [6.45, 7) is 2.51. The third-order valence-electron chi connectivity index (χ3n) is 1.15. The molecule has 0 saturated heterocycles. The van der Waals surface area contributed by atoms with Gasteiger partial charge in [-0.15, -0.1) is 0 Å². The smallest absolute Gasteiger partial charge is 0.319 e. The van der Waals surface area contributed by atoms with E-state index in [0.29, 0.717) is 12.8 Å². The van der Waals surface area contributed by atoms with E-state index in [1.54, 1.807) is 19.3 Å². The summed E-state index contributed by atoms with van der Waals surface area (Å²) in [4.78, 5) is 0. The van der Waals surface area contributed by atoms with Gasteiger partial charge in [-0.25, -0.2) is 9.13 Å². The van der Waals surface area contributed by atoms with Crippen LogP contribution in [-0.2, 0) is 18.2 Å². The molecule has 1 unspecified atom stereocenters. The second kappa shape index (κ2) is 8.58. The van der Waals surface area contributed by atoms with Crippen molar-refractivity contribution in [1.82, 2.24) is 0 Å². The highest BCUT2D eigenvalue weighted by Crippen LogP contribution is 2.36. The van der Waals surface area contributed by atoms with Crippen molar-refractivity contribution in [2.45, 2.75) is 6.92 Å². The van der Waals surface area contributed by atoms with Crippen molar-refractivity contribution in [1.29, 1.82) is 0 Å². The third-order valence-corrected chi connectivity index (χ3v) is 3.12. The Bertz CT molecular complexity index is 205. The lowest BCUT2D eigenvalue weighted by Gasteiger charge is -2.10. The quantitative estimate of drug-likeness (QED) is 0.492. The van der Waals surface area contributed by atoms with Crippen LogP contribution >= 0.6 is 16.1 Å². The molecule has 0 aliphatic carbocycles. The van der Waals surface area contributed by atoms with Crippen molar-refractivity contribution in [2.75, 3.05) is 26.0 Å². The Morgan fingerprint density at radius 1 is 1.23 bits per heavy atom. The topological polar surface area (TPSA) is 52.6 Å². The molecule has 13 heavy (non-hydrogen) atoms. The summed E-state index contributed by atoms with van der Waals surface area (Å²) in [5.74, 6) is 0. The van der Waals surface area contributed by atoms with Gasteiger partial charge in [-0.2, -0.15) is 0 Å². The van der Waals surface area contributed by atoms with Gasteiger partial charge in [0.1, 0.15) is 0 Å². The van der Waals surface area contributed by atoms with Crippen LogP contribution in [0.4, 0.5) is 0 Å². The standard InChI is InChI=1S/C7H14O4P2/c1-3-11-13(10-2)7-5-4-6-12(8)9/h4-5H,3,6-7H2,1-2H3/b5-4+. The number of hydrogen-bond donors (Lipinski definition) is 0. The summed E-state index contributed by atoms with van der Waals surface area (Å²) < 4.78 is 30.6. The van der Waals surface area contributed by atoms with Gasteiger partial charge in [0.25, 0.3) is 0 Å². The van der Waals surface area contributed by atoms with E-state index in [2.05, 4.69) is 0 Å². The molecule has 1 atom stereocenters. The van der Waals surface area contributed by atoms with Crippen molar-refractivity contribution in [3.8, 4) is 0 Å². The number of rotatable bonds is 7. The lowest BCUT2D eigenvalue weighted by atomic mass is 10.6. The molecule has 0 radical (unpaired) electrons. The lowest BCUT2D eigenvalue weighted by Crippen LogP contribution is -1.89. The highest BCUT2D eigenvalue weighted by atomic mass is 31.2. The minimum atomic E-state index is -2.30. The van der Waals surface area contributed by atoms with E-state index in [1.807, 2.05) is 6.92 Å². The predicted octanol–water partition coefficient (Wildman–Crippen LogP) is 2.71. The zero-order valence-electron chi connectivity index (χ0n) is 7.80. The van der Waals surface area contributed by atoms with E-state index in [0.717, 1.165) is 0 Å². The van der Waals surface area contributed by atoms with E-state index in [9.17, 15) is 9.13 Å². The Balaban J connectivity index is 3.63. The first-order chi connectivity index (χ1) is 6.20. The Kier molecular flexibility index (Phi) is 8.58. The van der Waals surface area contributed by atoms with Crippen LogP contribution in [0.1, 0.15) is 6.92 Å². The van der Waals surface area contributed by atoms with Gasteiger partial charge in [-0.05, 0) is 6.92 Å². The van der Waals surface area contributed by atoms with Crippen molar-refractivity contribution >= 4 is 16.1 Å². The fourth-order valence-electron chi connectivity index (χ4n) is 0.645. The van der Waals surface area contributed by atoms with Gasteiger partial charge in [-0.3, -0.25) is 0 Å². The molecule has 0 saturated carbocycles. The molecule has 0 aromatic heterocycles. The first-order valence-electron chi connectivity index (χ1n) is 3.92. The average Bonchev–Trinajstić information content (AvgIpc) is 2.10. The fourth-order valence-corrected chi connectivity index (χ4v) is 1.94. The van der Waals surface area contributed by atoms with Crippen molar-refractivity contribution in [2.24, 2.45) is 0 Å². The molecular formula is C7H14O4P2. The van der Waals surface area contributed by atoms with Gasteiger partial charge >= 0.3 is 7.68 Å². The molecule has 0 aliphatic heterocycles. The summed E-state index contributed by atoms with van der Waals surface area (Å²) >= 11 is 0. The Morgan fingerprint density at radius 3 is 2.31 bits per heavy atom.